The first-order valence-corrected chi connectivity index (χ1v) is 20.0. The maximum absolute atomic E-state index is 13.5. The summed E-state index contributed by atoms with van der Waals surface area (Å²) in [5.41, 5.74) is 3.43. The van der Waals surface area contributed by atoms with Gasteiger partial charge in [0, 0.05) is 55.0 Å². The zero-order chi connectivity index (χ0) is 42.4. The van der Waals surface area contributed by atoms with Crippen molar-refractivity contribution in [2.45, 2.75) is 63.2 Å². The standard InChI is InChI=1S/C43H39N9O9/c53-36-12-11-33(40(57)49-36)52-42(59)29-9-8-28(18-30(29)43(52)60)50-15-13-26(14-16-50)46-39(56)32-19-45-35(20-44-32)48-38(55)24-3-1-23(2-4-24)21-51(27-6-7-27)41(58)25-5-10-31-34(17-25)61-22-37(54)47-31/h1-5,8-10,17-20,26-27,33H,6-7,11-16,21-22H2,(H,46,56)(H,47,54)(H,45,48,55)(H,49,53,57). The number of aromatic nitrogens is 2. The minimum Gasteiger partial charge on any atom is -0.482 e. The SMILES string of the molecule is O=C1CCC(N2C(=O)c3ccc(N4CCC(NC(=O)c5cnc(NC(=O)c6ccc(CN(C(=O)c7ccc8c(c7)OCC(=O)N8)C7CC7)cc6)cn5)CC4)cc3C2=O)C(=O)N1. The Hall–Kier alpha value is -7.50. The fraction of sp³-hybridized carbons (Fsp3) is 0.302. The summed E-state index contributed by atoms with van der Waals surface area (Å²) in [6, 6.07) is 15.8. The fourth-order valence-electron chi connectivity index (χ4n) is 7.98. The van der Waals surface area contributed by atoms with Gasteiger partial charge in [-0.1, -0.05) is 12.1 Å². The highest BCUT2D eigenvalue weighted by molar-refractivity contribution is 6.23. The molecule has 2 saturated heterocycles. The van der Waals surface area contributed by atoms with Gasteiger partial charge in [-0.2, -0.15) is 0 Å². The third-order valence-corrected chi connectivity index (χ3v) is 11.4. The lowest BCUT2D eigenvalue weighted by atomic mass is 10.0. The lowest BCUT2D eigenvalue weighted by Crippen LogP contribution is -2.54. The van der Waals surface area contributed by atoms with Gasteiger partial charge in [0.2, 0.25) is 11.8 Å². The van der Waals surface area contributed by atoms with Gasteiger partial charge in [0.15, 0.2) is 12.4 Å². The van der Waals surface area contributed by atoms with Gasteiger partial charge in [-0.25, -0.2) is 9.97 Å². The minimum atomic E-state index is -1.04. The summed E-state index contributed by atoms with van der Waals surface area (Å²) in [5, 5.41) is 10.6. The number of anilines is 3. The van der Waals surface area contributed by atoms with Crippen LogP contribution < -0.4 is 30.9 Å². The van der Waals surface area contributed by atoms with E-state index in [9.17, 15) is 38.4 Å². The van der Waals surface area contributed by atoms with Crippen LogP contribution >= 0.6 is 0 Å². The van der Waals surface area contributed by atoms with Crippen LogP contribution in [0.1, 0.15) is 96.0 Å². The topological polar surface area (TPSA) is 229 Å². The first-order valence-electron chi connectivity index (χ1n) is 20.0. The second-order valence-corrected chi connectivity index (χ2v) is 15.6. The minimum absolute atomic E-state index is 0.0435. The first kappa shape index (κ1) is 39.0. The number of hydrogen-bond acceptors (Lipinski definition) is 12. The molecule has 61 heavy (non-hydrogen) atoms. The van der Waals surface area contributed by atoms with Gasteiger partial charge in [0.05, 0.1) is 29.2 Å². The van der Waals surface area contributed by atoms with E-state index in [2.05, 4.69) is 36.1 Å². The number of nitrogens with zero attached hydrogens (tertiary/aromatic N) is 5. The summed E-state index contributed by atoms with van der Waals surface area (Å²) >= 11 is 0. The van der Waals surface area contributed by atoms with Crippen LogP contribution in [0.3, 0.4) is 0 Å². The molecule has 3 fully saturated rings. The van der Waals surface area contributed by atoms with Crippen molar-refractivity contribution >= 4 is 64.5 Å². The molecule has 18 heteroatoms. The van der Waals surface area contributed by atoms with E-state index in [1.807, 2.05) is 0 Å². The molecule has 1 atom stereocenters. The predicted molar refractivity (Wildman–Crippen MR) is 216 cm³/mol. The number of piperidine rings is 2. The predicted octanol–water partition coefficient (Wildman–Crippen LogP) is 2.66. The zero-order valence-electron chi connectivity index (χ0n) is 32.6. The third kappa shape index (κ3) is 7.98. The van der Waals surface area contributed by atoms with E-state index in [0.717, 1.165) is 29.0 Å². The Labute approximate surface area is 348 Å². The Morgan fingerprint density at radius 1 is 0.770 bits per heavy atom. The van der Waals surface area contributed by atoms with Gasteiger partial charge < -0.3 is 30.5 Å². The van der Waals surface area contributed by atoms with E-state index in [1.165, 1.54) is 12.4 Å². The number of imide groups is 2. The second-order valence-electron chi connectivity index (χ2n) is 15.6. The molecule has 5 heterocycles. The molecular formula is C43H39N9O9. The van der Waals surface area contributed by atoms with Crippen LogP contribution in [0.4, 0.5) is 17.2 Å². The molecule has 1 unspecified atom stereocenters. The monoisotopic (exact) mass is 825 g/mol. The van der Waals surface area contributed by atoms with Crippen LogP contribution in [0.5, 0.6) is 5.75 Å². The summed E-state index contributed by atoms with van der Waals surface area (Å²) in [6.45, 7) is 1.37. The number of fused-ring (bicyclic) bond motifs is 2. The van der Waals surface area contributed by atoms with Gasteiger partial charge in [0.1, 0.15) is 17.5 Å². The molecule has 4 aliphatic heterocycles. The van der Waals surface area contributed by atoms with E-state index >= 15 is 0 Å². The number of ether oxygens (including phenoxy) is 1. The molecule has 8 amide bonds. The molecule has 3 aromatic carbocycles. The maximum Gasteiger partial charge on any atom is 0.271 e. The number of carbonyl (C=O) groups excluding carboxylic acids is 8. The Kier molecular flexibility index (Phi) is 10.2. The lowest BCUT2D eigenvalue weighted by molar-refractivity contribution is -0.136. The van der Waals surface area contributed by atoms with Crippen LogP contribution in [-0.4, -0.2) is 105 Å². The van der Waals surface area contributed by atoms with Crippen LogP contribution in [0, 0.1) is 0 Å². The maximum atomic E-state index is 13.5. The number of amides is 8. The number of benzene rings is 3. The van der Waals surface area contributed by atoms with Crippen LogP contribution in [0.25, 0.3) is 0 Å². The van der Waals surface area contributed by atoms with Crippen molar-refractivity contribution in [1.29, 1.82) is 0 Å². The summed E-state index contributed by atoms with van der Waals surface area (Å²) < 4.78 is 5.49. The quantitative estimate of drug-likeness (QED) is 0.169. The van der Waals surface area contributed by atoms with Gasteiger partial charge in [-0.3, -0.25) is 48.6 Å². The van der Waals surface area contributed by atoms with Crippen molar-refractivity contribution in [2.24, 2.45) is 0 Å². The molecule has 1 saturated carbocycles. The van der Waals surface area contributed by atoms with Crippen molar-refractivity contribution in [1.82, 2.24) is 30.4 Å². The molecule has 0 radical (unpaired) electrons. The summed E-state index contributed by atoms with van der Waals surface area (Å²) in [5.74, 6) is -2.85. The van der Waals surface area contributed by atoms with E-state index in [4.69, 9.17) is 4.74 Å². The van der Waals surface area contributed by atoms with E-state index in [0.29, 0.717) is 55.0 Å². The molecule has 5 aliphatic rings. The Balaban J connectivity index is 0.750. The number of carbonyl (C=O) groups is 8. The normalized spacial score (nSPS) is 18.7. The smallest absolute Gasteiger partial charge is 0.271 e. The van der Waals surface area contributed by atoms with Gasteiger partial charge in [0.25, 0.3) is 35.4 Å². The highest BCUT2D eigenvalue weighted by Crippen LogP contribution is 2.34. The first-order chi connectivity index (χ1) is 29.5. The van der Waals surface area contributed by atoms with Gasteiger partial charge in [-0.05, 0) is 86.2 Å². The zero-order valence-corrected chi connectivity index (χ0v) is 32.6. The Morgan fingerprint density at radius 2 is 1.52 bits per heavy atom. The Morgan fingerprint density at radius 3 is 2.25 bits per heavy atom. The highest BCUT2D eigenvalue weighted by atomic mass is 16.5. The molecule has 1 aromatic heterocycles. The summed E-state index contributed by atoms with van der Waals surface area (Å²) in [6.07, 6.45) is 5.71. The lowest BCUT2D eigenvalue weighted by Gasteiger charge is -2.34. The van der Waals surface area contributed by atoms with Gasteiger partial charge in [-0.15, -0.1) is 0 Å². The fourth-order valence-corrected chi connectivity index (χ4v) is 7.98. The molecular weight excluding hydrogens is 787 g/mol. The summed E-state index contributed by atoms with van der Waals surface area (Å²) in [7, 11) is 0. The molecule has 0 spiro atoms. The molecule has 0 bridgehead atoms. The molecule has 1 aliphatic carbocycles. The number of nitrogens with one attached hydrogen (secondary N) is 4. The second kappa shape index (κ2) is 15.9. The number of rotatable bonds is 10. The van der Waals surface area contributed by atoms with Crippen molar-refractivity contribution in [3.63, 3.8) is 0 Å². The average Bonchev–Trinajstić information content (AvgIpc) is 4.08. The van der Waals surface area contributed by atoms with Crippen molar-refractivity contribution in [3.8, 4) is 5.75 Å². The molecule has 18 nitrogen and oxygen atoms in total. The average molecular weight is 826 g/mol. The molecule has 4 aromatic rings. The highest BCUT2D eigenvalue weighted by Gasteiger charge is 2.45. The van der Waals surface area contributed by atoms with E-state index in [1.54, 1.807) is 65.6 Å². The molecule has 4 N–H and O–H groups in total. The molecule has 9 rings (SSSR count). The largest absolute Gasteiger partial charge is 0.482 e. The van der Waals surface area contributed by atoms with Crippen LogP contribution in [0.15, 0.2) is 73.1 Å². The van der Waals surface area contributed by atoms with Crippen molar-refractivity contribution < 1.29 is 43.1 Å². The third-order valence-electron chi connectivity index (χ3n) is 11.4. The van der Waals surface area contributed by atoms with Crippen molar-refractivity contribution in [2.75, 3.05) is 35.2 Å². The number of hydrogen-bond donors (Lipinski definition) is 4. The summed E-state index contributed by atoms with van der Waals surface area (Å²) in [4.78, 5) is 115. The Bertz CT molecular complexity index is 2520. The van der Waals surface area contributed by atoms with Crippen LogP contribution in [-0.2, 0) is 20.9 Å². The van der Waals surface area contributed by atoms with Gasteiger partial charge >= 0.3 is 0 Å². The van der Waals surface area contributed by atoms with E-state index < -0.39 is 41.5 Å². The van der Waals surface area contributed by atoms with Crippen molar-refractivity contribution in [3.05, 3.63) is 107 Å². The van der Waals surface area contributed by atoms with Crippen LogP contribution in [0.2, 0.25) is 0 Å². The molecule has 310 valence electrons. The van der Waals surface area contributed by atoms with E-state index in [-0.39, 0.29) is 66.0 Å².